The van der Waals surface area contributed by atoms with Gasteiger partial charge in [-0.15, -0.1) is 0 Å². The number of ether oxygens (including phenoxy) is 2. The summed E-state index contributed by atoms with van der Waals surface area (Å²) in [5.74, 6) is -2.45. The maximum absolute atomic E-state index is 14.3. The summed E-state index contributed by atoms with van der Waals surface area (Å²) in [5.41, 5.74) is 5.91. The number of nitrogens with two attached hydrogens (primary N) is 1. The highest BCUT2D eigenvalue weighted by atomic mass is 19.3. The monoisotopic (exact) mass is 384 g/mol. The molecule has 2 aromatic rings. The van der Waals surface area contributed by atoms with E-state index in [-0.39, 0.29) is 22.7 Å². The van der Waals surface area contributed by atoms with Crippen LogP contribution in [0, 0.1) is 11.6 Å². The molecular formula is C18H16F4N2O3. The number of aromatic nitrogens is 1. The number of pyridine rings is 1. The molecule has 1 amide bonds. The van der Waals surface area contributed by atoms with E-state index in [4.69, 9.17) is 10.5 Å². The molecule has 0 aliphatic carbocycles. The van der Waals surface area contributed by atoms with E-state index in [0.717, 1.165) is 12.1 Å². The first-order valence-corrected chi connectivity index (χ1v) is 8.15. The minimum atomic E-state index is -2.96. The third-order valence-corrected chi connectivity index (χ3v) is 4.34. The topological polar surface area (TPSA) is 74.4 Å². The van der Waals surface area contributed by atoms with Gasteiger partial charge in [0.25, 0.3) is 5.91 Å². The number of alkyl halides is 2. The fraction of sp³-hybridized carbons (Fsp3) is 0.333. The van der Waals surface area contributed by atoms with Crippen molar-refractivity contribution in [1.29, 1.82) is 0 Å². The zero-order valence-electron chi connectivity index (χ0n) is 14.2. The molecule has 2 N–H and O–H groups in total. The Morgan fingerprint density at radius 1 is 1.30 bits per heavy atom. The van der Waals surface area contributed by atoms with Crippen LogP contribution in [0.2, 0.25) is 0 Å². The number of carbonyl (C=O) groups is 1. The largest absolute Gasteiger partial charge is 0.471 e. The predicted octanol–water partition coefficient (Wildman–Crippen LogP) is 3.45. The van der Waals surface area contributed by atoms with Gasteiger partial charge in [-0.2, -0.15) is 8.78 Å². The quantitative estimate of drug-likeness (QED) is 0.802. The molecule has 0 fully saturated rings. The maximum Gasteiger partial charge on any atom is 0.345 e. The van der Waals surface area contributed by atoms with Crippen LogP contribution in [0.5, 0.6) is 5.88 Å². The normalized spacial score (nSPS) is 17.3. The zero-order valence-corrected chi connectivity index (χ0v) is 14.2. The van der Waals surface area contributed by atoms with Crippen LogP contribution in [-0.2, 0) is 11.2 Å². The third-order valence-electron chi connectivity index (χ3n) is 4.34. The first kappa shape index (κ1) is 19.1. The van der Waals surface area contributed by atoms with Crippen molar-refractivity contribution < 1.29 is 31.8 Å². The summed E-state index contributed by atoms with van der Waals surface area (Å²) in [6.07, 6.45) is -1.03. The second-order valence-electron chi connectivity index (χ2n) is 6.12. The highest BCUT2D eigenvalue weighted by Crippen LogP contribution is 2.37. The molecule has 144 valence electrons. The van der Waals surface area contributed by atoms with Gasteiger partial charge in [0.2, 0.25) is 5.88 Å². The lowest BCUT2D eigenvalue weighted by Crippen LogP contribution is -2.36. The Balaban J connectivity index is 2.05. The molecule has 0 saturated carbocycles. The SMILES string of the molecule is C[C@@H](OC(F)F)[C@H]1CCc2c(-c3ccc(F)cc3F)cc(C(N)=O)nc2O1. The molecule has 1 aromatic heterocycles. The molecule has 1 aromatic carbocycles. The average molecular weight is 384 g/mol. The van der Waals surface area contributed by atoms with Gasteiger partial charge in [0.1, 0.15) is 23.4 Å². The molecule has 5 nitrogen and oxygen atoms in total. The third kappa shape index (κ3) is 4.02. The molecule has 1 aliphatic rings. The van der Waals surface area contributed by atoms with Crippen molar-refractivity contribution in [3.63, 3.8) is 0 Å². The Morgan fingerprint density at radius 2 is 2.04 bits per heavy atom. The van der Waals surface area contributed by atoms with Crippen molar-refractivity contribution in [2.24, 2.45) is 5.73 Å². The van der Waals surface area contributed by atoms with Gasteiger partial charge >= 0.3 is 6.61 Å². The molecule has 0 saturated heterocycles. The molecule has 0 radical (unpaired) electrons. The minimum Gasteiger partial charge on any atom is -0.471 e. The van der Waals surface area contributed by atoms with Crippen molar-refractivity contribution in [2.75, 3.05) is 0 Å². The molecule has 27 heavy (non-hydrogen) atoms. The number of halogens is 4. The Kier molecular flexibility index (Phi) is 5.31. The number of benzene rings is 1. The van der Waals surface area contributed by atoms with E-state index in [1.807, 2.05) is 0 Å². The molecule has 3 rings (SSSR count). The van der Waals surface area contributed by atoms with Crippen molar-refractivity contribution in [3.8, 4) is 17.0 Å². The Labute approximate surface area is 152 Å². The lowest BCUT2D eigenvalue weighted by molar-refractivity contribution is -0.180. The number of carbonyl (C=O) groups excluding carboxylic acids is 1. The molecule has 0 bridgehead atoms. The van der Waals surface area contributed by atoms with Crippen molar-refractivity contribution in [1.82, 2.24) is 4.98 Å². The summed E-state index contributed by atoms with van der Waals surface area (Å²) >= 11 is 0. The van der Waals surface area contributed by atoms with E-state index in [1.165, 1.54) is 19.1 Å². The van der Waals surface area contributed by atoms with E-state index in [1.54, 1.807) is 0 Å². The first-order valence-electron chi connectivity index (χ1n) is 8.15. The van der Waals surface area contributed by atoms with Gasteiger partial charge in [0.05, 0.1) is 6.10 Å². The van der Waals surface area contributed by atoms with Gasteiger partial charge in [-0.25, -0.2) is 13.8 Å². The molecule has 2 atom stereocenters. The number of amides is 1. The van der Waals surface area contributed by atoms with Crippen molar-refractivity contribution in [2.45, 2.75) is 38.6 Å². The number of primary amides is 1. The van der Waals surface area contributed by atoms with Gasteiger partial charge in [0, 0.05) is 17.2 Å². The van der Waals surface area contributed by atoms with Crippen LogP contribution in [-0.4, -0.2) is 29.7 Å². The smallest absolute Gasteiger partial charge is 0.345 e. The van der Waals surface area contributed by atoms with Gasteiger partial charge in [-0.05, 0) is 43.5 Å². The number of hydrogen-bond acceptors (Lipinski definition) is 4. The number of hydrogen-bond donors (Lipinski definition) is 1. The van der Waals surface area contributed by atoms with Crippen LogP contribution in [0.3, 0.4) is 0 Å². The molecule has 1 aliphatic heterocycles. The summed E-state index contributed by atoms with van der Waals surface area (Å²) in [6, 6.07) is 4.34. The van der Waals surface area contributed by atoms with Gasteiger partial charge in [-0.3, -0.25) is 4.79 Å². The van der Waals surface area contributed by atoms with E-state index in [9.17, 15) is 22.4 Å². The summed E-state index contributed by atoms with van der Waals surface area (Å²) in [7, 11) is 0. The number of nitrogens with zero attached hydrogens (tertiary/aromatic N) is 1. The second-order valence-corrected chi connectivity index (χ2v) is 6.12. The summed E-state index contributed by atoms with van der Waals surface area (Å²) in [4.78, 5) is 15.6. The van der Waals surface area contributed by atoms with E-state index < -0.39 is 36.4 Å². The highest BCUT2D eigenvalue weighted by Gasteiger charge is 2.31. The lowest BCUT2D eigenvalue weighted by Gasteiger charge is -2.30. The molecular weight excluding hydrogens is 368 g/mol. The molecule has 0 spiro atoms. The minimum absolute atomic E-state index is 0.00834. The van der Waals surface area contributed by atoms with Crippen LogP contribution in [0.1, 0.15) is 29.4 Å². The fourth-order valence-corrected chi connectivity index (χ4v) is 3.03. The first-order chi connectivity index (χ1) is 12.8. The van der Waals surface area contributed by atoms with Crippen LogP contribution in [0.15, 0.2) is 24.3 Å². The Bertz CT molecular complexity index is 876. The molecule has 2 heterocycles. The van der Waals surface area contributed by atoms with Crippen LogP contribution in [0.4, 0.5) is 17.6 Å². The lowest BCUT2D eigenvalue weighted by atomic mass is 9.93. The van der Waals surface area contributed by atoms with Crippen molar-refractivity contribution in [3.05, 3.63) is 47.2 Å². The number of fused-ring (bicyclic) bond motifs is 1. The Morgan fingerprint density at radius 3 is 2.67 bits per heavy atom. The maximum atomic E-state index is 14.3. The molecule has 0 unspecified atom stereocenters. The zero-order chi connectivity index (χ0) is 19.7. The standard InChI is InChI=1S/C18H16F4N2O3/c1-8(26-18(21)22)15-5-4-11-12(10-3-2-9(19)6-13(10)20)7-14(16(23)25)24-17(11)27-15/h2-3,6-8,15,18H,4-5H2,1H3,(H2,23,25)/t8-,15-/m1/s1. The van der Waals surface area contributed by atoms with Gasteiger partial charge in [0.15, 0.2) is 0 Å². The van der Waals surface area contributed by atoms with Crippen LogP contribution >= 0.6 is 0 Å². The van der Waals surface area contributed by atoms with Crippen LogP contribution in [0.25, 0.3) is 11.1 Å². The van der Waals surface area contributed by atoms with Crippen molar-refractivity contribution >= 4 is 5.91 Å². The van der Waals surface area contributed by atoms with Crippen LogP contribution < -0.4 is 10.5 Å². The second kappa shape index (κ2) is 7.51. The van der Waals surface area contributed by atoms with E-state index in [0.29, 0.717) is 18.4 Å². The fourth-order valence-electron chi connectivity index (χ4n) is 3.03. The summed E-state index contributed by atoms with van der Waals surface area (Å²) < 4.78 is 62.5. The molecule has 9 heteroatoms. The van der Waals surface area contributed by atoms with Gasteiger partial charge < -0.3 is 15.2 Å². The average Bonchev–Trinajstić information content (AvgIpc) is 2.59. The summed E-state index contributed by atoms with van der Waals surface area (Å²) in [6.45, 7) is -1.53. The highest BCUT2D eigenvalue weighted by molar-refractivity contribution is 5.93. The Hall–Kier alpha value is -2.68. The predicted molar refractivity (Wildman–Crippen MR) is 87.4 cm³/mol. The van der Waals surface area contributed by atoms with E-state index >= 15 is 0 Å². The summed E-state index contributed by atoms with van der Waals surface area (Å²) in [5, 5.41) is 0. The van der Waals surface area contributed by atoms with Gasteiger partial charge in [-0.1, -0.05) is 0 Å². The van der Waals surface area contributed by atoms with E-state index in [2.05, 4.69) is 9.72 Å². The number of rotatable bonds is 5.